The summed E-state index contributed by atoms with van der Waals surface area (Å²) in [5.74, 6) is -2.02. The number of amides is 1. The van der Waals surface area contributed by atoms with Crippen molar-refractivity contribution >= 4 is 44.8 Å². The lowest BCUT2D eigenvalue weighted by Gasteiger charge is -2.11. The quantitative estimate of drug-likeness (QED) is 0.830. The molecule has 0 heterocycles. The molecule has 7 heteroatoms. The number of carbonyl (C=O) groups is 1. The second-order valence-electron chi connectivity index (χ2n) is 4.13. The predicted octanol–water partition coefficient (Wildman–Crippen LogP) is 4.43. The van der Waals surface area contributed by atoms with Gasteiger partial charge in [-0.3, -0.25) is 4.79 Å². The number of nitrogens with one attached hydrogen (secondary N) is 2. The van der Waals surface area contributed by atoms with Crippen molar-refractivity contribution < 1.29 is 13.6 Å². The summed E-state index contributed by atoms with van der Waals surface area (Å²) in [7, 11) is 0. The van der Waals surface area contributed by atoms with Crippen LogP contribution in [-0.2, 0) is 4.79 Å². The summed E-state index contributed by atoms with van der Waals surface area (Å²) < 4.78 is 27.2. The Bertz CT molecular complexity index is 659. The van der Waals surface area contributed by atoms with Crippen molar-refractivity contribution in [2.75, 3.05) is 17.2 Å². The van der Waals surface area contributed by atoms with Crippen LogP contribution in [0.2, 0.25) is 5.02 Å². The van der Waals surface area contributed by atoms with E-state index in [-0.39, 0.29) is 23.2 Å². The van der Waals surface area contributed by atoms with Crippen LogP contribution in [0, 0.1) is 11.6 Å². The average molecular weight is 376 g/mol. The van der Waals surface area contributed by atoms with Crippen LogP contribution in [0.15, 0.2) is 40.9 Å². The molecule has 0 saturated carbocycles. The van der Waals surface area contributed by atoms with Gasteiger partial charge in [-0.1, -0.05) is 23.7 Å². The molecule has 21 heavy (non-hydrogen) atoms. The van der Waals surface area contributed by atoms with E-state index in [9.17, 15) is 13.6 Å². The van der Waals surface area contributed by atoms with Crippen molar-refractivity contribution in [3.05, 3.63) is 57.5 Å². The van der Waals surface area contributed by atoms with E-state index in [0.717, 1.165) is 10.5 Å². The van der Waals surface area contributed by atoms with E-state index < -0.39 is 11.6 Å². The number of hydrogen-bond donors (Lipinski definition) is 2. The number of carbonyl (C=O) groups excluding carboxylic acids is 1. The lowest BCUT2D eigenvalue weighted by Crippen LogP contribution is -2.22. The topological polar surface area (TPSA) is 41.1 Å². The highest BCUT2D eigenvalue weighted by Gasteiger charge is 2.11. The molecule has 2 aromatic rings. The number of hydrogen-bond acceptors (Lipinski definition) is 2. The molecule has 1 amide bonds. The summed E-state index contributed by atoms with van der Waals surface area (Å²) in [5, 5.41) is 5.07. The van der Waals surface area contributed by atoms with Gasteiger partial charge in [0.15, 0.2) is 5.82 Å². The molecule has 0 saturated heterocycles. The normalized spacial score (nSPS) is 10.3. The van der Waals surface area contributed by atoms with Crippen LogP contribution in [0.3, 0.4) is 0 Å². The molecule has 3 nitrogen and oxygen atoms in total. The minimum absolute atomic E-state index is 0.111. The fraction of sp³-hybridized carbons (Fsp3) is 0.0714. The second kappa shape index (κ2) is 6.87. The highest BCUT2D eigenvalue weighted by Crippen LogP contribution is 2.26. The Morgan fingerprint density at radius 3 is 2.62 bits per heavy atom. The highest BCUT2D eigenvalue weighted by molar-refractivity contribution is 9.10. The fourth-order valence-electron chi connectivity index (χ4n) is 1.64. The van der Waals surface area contributed by atoms with Crippen LogP contribution in [0.1, 0.15) is 0 Å². The first-order valence-corrected chi connectivity index (χ1v) is 7.07. The number of benzene rings is 2. The van der Waals surface area contributed by atoms with E-state index in [0.29, 0.717) is 11.8 Å². The second-order valence-corrected chi connectivity index (χ2v) is 5.39. The predicted molar refractivity (Wildman–Crippen MR) is 82.6 cm³/mol. The zero-order valence-electron chi connectivity index (χ0n) is 10.6. The SMILES string of the molecule is O=C(CNc1c(F)cc(F)cc1Cl)Nc1ccccc1Br. The summed E-state index contributed by atoms with van der Waals surface area (Å²) in [6, 6.07) is 8.74. The van der Waals surface area contributed by atoms with Crippen LogP contribution in [0.5, 0.6) is 0 Å². The molecule has 0 radical (unpaired) electrons. The van der Waals surface area contributed by atoms with Gasteiger partial charge in [-0.05, 0) is 34.1 Å². The summed E-state index contributed by atoms with van der Waals surface area (Å²) in [4.78, 5) is 11.8. The number of anilines is 2. The Labute approximate surface area is 133 Å². The third-order valence-corrected chi connectivity index (χ3v) is 3.57. The molecular weight excluding hydrogens is 366 g/mol. The highest BCUT2D eigenvalue weighted by atomic mass is 79.9. The van der Waals surface area contributed by atoms with E-state index in [1.807, 2.05) is 6.07 Å². The summed E-state index contributed by atoms with van der Waals surface area (Å²) in [6.45, 7) is -0.205. The molecule has 2 N–H and O–H groups in total. The summed E-state index contributed by atoms with van der Waals surface area (Å²) in [5.41, 5.74) is 0.482. The van der Waals surface area contributed by atoms with E-state index >= 15 is 0 Å². The molecule has 0 aliphatic carbocycles. The van der Waals surface area contributed by atoms with E-state index in [1.165, 1.54) is 0 Å². The van der Waals surface area contributed by atoms with Crippen molar-refractivity contribution in [3.8, 4) is 0 Å². The summed E-state index contributed by atoms with van der Waals surface area (Å²) in [6.07, 6.45) is 0. The van der Waals surface area contributed by atoms with E-state index in [2.05, 4.69) is 26.6 Å². The van der Waals surface area contributed by atoms with Gasteiger partial charge in [-0.2, -0.15) is 0 Å². The molecule has 110 valence electrons. The van der Waals surface area contributed by atoms with Gasteiger partial charge in [0.1, 0.15) is 5.82 Å². The number of para-hydroxylation sites is 1. The average Bonchev–Trinajstić information content (AvgIpc) is 2.40. The first-order valence-electron chi connectivity index (χ1n) is 5.90. The van der Waals surface area contributed by atoms with Crippen molar-refractivity contribution in [1.29, 1.82) is 0 Å². The minimum Gasteiger partial charge on any atom is -0.373 e. The van der Waals surface area contributed by atoms with Gasteiger partial charge in [0.2, 0.25) is 5.91 Å². The zero-order valence-corrected chi connectivity index (χ0v) is 12.9. The lowest BCUT2D eigenvalue weighted by atomic mass is 10.3. The van der Waals surface area contributed by atoms with E-state index in [1.54, 1.807) is 18.2 Å². The summed E-state index contributed by atoms with van der Waals surface area (Å²) >= 11 is 9.02. The molecule has 0 aromatic heterocycles. The minimum atomic E-state index is -0.853. The monoisotopic (exact) mass is 374 g/mol. The van der Waals surface area contributed by atoms with Crippen molar-refractivity contribution in [2.45, 2.75) is 0 Å². The molecule has 0 bridgehead atoms. The molecule has 2 rings (SSSR count). The molecular formula is C14H10BrClF2N2O. The maximum atomic E-state index is 13.5. The number of halogens is 4. The Hall–Kier alpha value is -1.66. The Morgan fingerprint density at radius 2 is 1.95 bits per heavy atom. The van der Waals surface area contributed by atoms with Crippen LogP contribution in [-0.4, -0.2) is 12.5 Å². The molecule has 0 atom stereocenters. The van der Waals surface area contributed by atoms with Crippen LogP contribution in [0.4, 0.5) is 20.2 Å². The fourth-order valence-corrected chi connectivity index (χ4v) is 2.28. The Balaban J connectivity index is 2.01. The van der Waals surface area contributed by atoms with Gasteiger partial charge in [-0.15, -0.1) is 0 Å². The molecule has 0 spiro atoms. The van der Waals surface area contributed by atoms with Gasteiger partial charge in [0, 0.05) is 10.5 Å². The molecule has 0 aliphatic rings. The van der Waals surface area contributed by atoms with Crippen LogP contribution < -0.4 is 10.6 Å². The molecule has 0 fully saturated rings. The van der Waals surface area contributed by atoms with Gasteiger partial charge in [0.25, 0.3) is 0 Å². The first-order chi connectivity index (χ1) is 9.97. The smallest absolute Gasteiger partial charge is 0.243 e. The lowest BCUT2D eigenvalue weighted by molar-refractivity contribution is -0.114. The molecule has 0 unspecified atom stereocenters. The maximum Gasteiger partial charge on any atom is 0.243 e. The van der Waals surface area contributed by atoms with Crippen LogP contribution in [0.25, 0.3) is 0 Å². The molecule has 0 aliphatic heterocycles. The Kier molecular flexibility index (Phi) is 5.14. The van der Waals surface area contributed by atoms with Gasteiger partial charge < -0.3 is 10.6 Å². The standard InChI is InChI=1S/C14H10BrClF2N2O/c15-9-3-1-2-4-12(9)20-13(21)7-19-14-10(16)5-8(17)6-11(14)18/h1-6,19H,7H2,(H,20,21). The van der Waals surface area contributed by atoms with Crippen molar-refractivity contribution in [3.63, 3.8) is 0 Å². The third-order valence-electron chi connectivity index (χ3n) is 2.58. The zero-order chi connectivity index (χ0) is 15.4. The van der Waals surface area contributed by atoms with E-state index in [4.69, 9.17) is 11.6 Å². The van der Waals surface area contributed by atoms with Gasteiger partial charge in [-0.25, -0.2) is 8.78 Å². The van der Waals surface area contributed by atoms with Gasteiger partial charge >= 0.3 is 0 Å². The Morgan fingerprint density at radius 1 is 1.24 bits per heavy atom. The number of rotatable bonds is 4. The van der Waals surface area contributed by atoms with Crippen molar-refractivity contribution in [2.24, 2.45) is 0 Å². The first kappa shape index (κ1) is 15.7. The molecule has 2 aromatic carbocycles. The largest absolute Gasteiger partial charge is 0.373 e. The van der Waals surface area contributed by atoms with Gasteiger partial charge in [0.05, 0.1) is 22.9 Å². The third kappa shape index (κ3) is 4.15. The van der Waals surface area contributed by atoms with Crippen LogP contribution >= 0.6 is 27.5 Å². The van der Waals surface area contributed by atoms with Crippen molar-refractivity contribution in [1.82, 2.24) is 0 Å². The maximum absolute atomic E-state index is 13.5.